The molecular weight excluding hydrogens is 124 g/mol. The molecule has 0 saturated heterocycles. The average molecular weight is 136 g/mol. The van der Waals surface area contributed by atoms with Crippen LogP contribution in [0.5, 0.6) is 0 Å². The molecule has 2 aliphatic rings. The Hall–Kier alpha value is -0.590. The number of hydrogen-bond donors (Lipinski definition) is 0. The van der Waals surface area contributed by atoms with Crippen molar-refractivity contribution in [1.29, 1.82) is 0 Å². The number of Topliss-reactive ketones (excluding diaryl/α,β-unsaturated/α-hetero) is 1. The molecule has 1 fully saturated rings. The van der Waals surface area contributed by atoms with E-state index in [1.54, 1.807) is 0 Å². The molecule has 0 aromatic heterocycles. The lowest BCUT2D eigenvalue weighted by Gasteiger charge is -2.28. The van der Waals surface area contributed by atoms with Crippen LogP contribution in [0.3, 0.4) is 0 Å². The standard InChI is InChI=1S/C9H12O/c10-9-5-4-7-2-1-3-8(9)6-7/h1,3,7-8H,2,4-6H2/t7-,8-/m0/s1. The Morgan fingerprint density at radius 1 is 1.50 bits per heavy atom. The smallest absolute Gasteiger partial charge is 0.139 e. The SMILES string of the molecule is O=C1CC[C@@H]2CC=C[C@H]1C2. The van der Waals surface area contributed by atoms with E-state index in [9.17, 15) is 4.79 Å². The van der Waals surface area contributed by atoms with Crippen LogP contribution in [0.15, 0.2) is 12.2 Å². The molecule has 0 aliphatic heterocycles. The molecule has 1 nitrogen and oxygen atoms in total. The van der Waals surface area contributed by atoms with E-state index in [1.165, 1.54) is 6.42 Å². The van der Waals surface area contributed by atoms with Crippen molar-refractivity contribution >= 4 is 5.78 Å². The minimum absolute atomic E-state index is 0.299. The second-order valence-corrected chi connectivity index (χ2v) is 3.38. The van der Waals surface area contributed by atoms with Crippen molar-refractivity contribution < 1.29 is 4.79 Å². The quantitative estimate of drug-likeness (QED) is 0.465. The fourth-order valence-corrected chi connectivity index (χ4v) is 1.98. The Morgan fingerprint density at radius 3 is 3.20 bits per heavy atom. The van der Waals surface area contributed by atoms with Gasteiger partial charge in [-0.2, -0.15) is 0 Å². The van der Waals surface area contributed by atoms with Gasteiger partial charge in [0, 0.05) is 12.3 Å². The lowest BCUT2D eigenvalue weighted by molar-refractivity contribution is -0.124. The first kappa shape index (κ1) is 6.14. The van der Waals surface area contributed by atoms with Crippen LogP contribution in [-0.2, 0) is 4.79 Å². The normalized spacial score (nSPS) is 38.2. The molecule has 1 heteroatoms. The number of rotatable bonds is 0. The topological polar surface area (TPSA) is 17.1 Å². The van der Waals surface area contributed by atoms with E-state index in [1.807, 2.05) is 0 Å². The van der Waals surface area contributed by atoms with Crippen molar-refractivity contribution in [3.8, 4) is 0 Å². The van der Waals surface area contributed by atoms with Gasteiger partial charge < -0.3 is 0 Å². The summed E-state index contributed by atoms with van der Waals surface area (Å²) in [4.78, 5) is 11.2. The largest absolute Gasteiger partial charge is 0.299 e. The van der Waals surface area contributed by atoms with Crippen LogP contribution in [0.1, 0.15) is 25.7 Å². The third-order valence-corrected chi connectivity index (χ3v) is 2.64. The number of carbonyl (C=O) groups excluding carboxylic acids is 1. The number of carbonyl (C=O) groups is 1. The van der Waals surface area contributed by atoms with E-state index in [0.29, 0.717) is 11.7 Å². The zero-order valence-electron chi connectivity index (χ0n) is 6.05. The fraction of sp³-hybridized carbons (Fsp3) is 0.667. The summed E-state index contributed by atoms with van der Waals surface area (Å²) in [7, 11) is 0. The van der Waals surface area contributed by atoms with Crippen LogP contribution in [0.25, 0.3) is 0 Å². The van der Waals surface area contributed by atoms with Gasteiger partial charge in [-0.05, 0) is 25.2 Å². The van der Waals surface area contributed by atoms with E-state index in [-0.39, 0.29) is 0 Å². The first-order valence-corrected chi connectivity index (χ1v) is 4.05. The highest BCUT2D eigenvalue weighted by molar-refractivity contribution is 5.83. The van der Waals surface area contributed by atoms with Crippen molar-refractivity contribution in [2.75, 3.05) is 0 Å². The number of hydrogen-bond acceptors (Lipinski definition) is 1. The molecule has 0 amide bonds. The summed E-state index contributed by atoms with van der Waals surface area (Å²) in [6, 6.07) is 0. The van der Waals surface area contributed by atoms with Gasteiger partial charge in [-0.1, -0.05) is 12.2 Å². The predicted octanol–water partition coefficient (Wildman–Crippen LogP) is 1.93. The zero-order valence-corrected chi connectivity index (χ0v) is 6.05. The Bertz CT molecular complexity index is 181. The Labute approximate surface area is 61.1 Å². The number of fused-ring (bicyclic) bond motifs is 2. The Kier molecular flexibility index (Phi) is 1.37. The summed E-state index contributed by atoms with van der Waals surface area (Å²) in [5.74, 6) is 1.59. The lowest BCUT2D eigenvalue weighted by Crippen LogP contribution is -2.25. The molecule has 0 spiro atoms. The van der Waals surface area contributed by atoms with Gasteiger partial charge in [0.15, 0.2) is 0 Å². The maximum atomic E-state index is 11.2. The summed E-state index contributed by atoms with van der Waals surface area (Å²) in [6.45, 7) is 0. The van der Waals surface area contributed by atoms with Crippen LogP contribution in [0.2, 0.25) is 0 Å². The van der Waals surface area contributed by atoms with Gasteiger partial charge in [0.2, 0.25) is 0 Å². The summed E-state index contributed by atoms with van der Waals surface area (Å²) in [5, 5.41) is 0. The molecule has 0 heterocycles. The molecule has 2 aliphatic carbocycles. The van der Waals surface area contributed by atoms with Crippen LogP contribution in [0, 0.1) is 11.8 Å². The molecule has 2 atom stereocenters. The second-order valence-electron chi connectivity index (χ2n) is 3.38. The van der Waals surface area contributed by atoms with Crippen molar-refractivity contribution in [2.24, 2.45) is 11.8 Å². The number of allylic oxidation sites excluding steroid dienone is 2. The van der Waals surface area contributed by atoms with Gasteiger partial charge in [-0.15, -0.1) is 0 Å². The molecular formula is C9H12O. The second kappa shape index (κ2) is 2.22. The lowest BCUT2D eigenvalue weighted by atomic mass is 9.75. The van der Waals surface area contributed by atoms with Crippen molar-refractivity contribution in [2.45, 2.75) is 25.7 Å². The van der Waals surface area contributed by atoms with E-state index in [2.05, 4.69) is 12.2 Å². The van der Waals surface area contributed by atoms with Gasteiger partial charge >= 0.3 is 0 Å². The van der Waals surface area contributed by atoms with Gasteiger partial charge in [0.1, 0.15) is 5.78 Å². The van der Waals surface area contributed by atoms with Crippen LogP contribution in [-0.4, -0.2) is 5.78 Å². The van der Waals surface area contributed by atoms with E-state index >= 15 is 0 Å². The summed E-state index contributed by atoms with van der Waals surface area (Å²) >= 11 is 0. The first-order valence-electron chi connectivity index (χ1n) is 4.05. The van der Waals surface area contributed by atoms with E-state index < -0.39 is 0 Å². The Morgan fingerprint density at radius 2 is 2.40 bits per heavy atom. The van der Waals surface area contributed by atoms with Crippen molar-refractivity contribution in [3.63, 3.8) is 0 Å². The molecule has 2 rings (SSSR count). The van der Waals surface area contributed by atoms with Crippen LogP contribution in [0.4, 0.5) is 0 Å². The maximum Gasteiger partial charge on any atom is 0.139 e. The molecule has 0 N–H and O–H groups in total. The monoisotopic (exact) mass is 136 g/mol. The third-order valence-electron chi connectivity index (χ3n) is 2.64. The van der Waals surface area contributed by atoms with Gasteiger partial charge in [-0.3, -0.25) is 4.79 Å². The molecule has 0 aromatic rings. The Balaban J connectivity index is 2.19. The minimum Gasteiger partial charge on any atom is -0.299 e. The third kappa shape index (κ3) is 0.898. The highest BCUT2D eigenvalue weighted by Crippen LogP contribution is 2.33. The molecule has 0 aromatic carbocycles. The molecule has 0 unspecified atom stereocenters. The number of ketones is 1. The van der Waals surface area contributed by atoms with Gasteiger partial charge in [0.05, 0.1) is 0 Å². The summed E-state index contributed by atoms with van der Waals surface area (Å²) in [5.41, 5.74) is 0. The van der Waals surface area contributed by atoms with Crippen molar-refractivity contribution in [1.82, 2.24) is 0 Å². The summed E-state index contributed by atoms with van der Waals surface area (Å²) < 4.78 is 0. The van der Waals surface area contributed by atoms with Crippen molar-refractivity contribution in [3.05, 3.63) is 12.2 Å². The average Bonchev–Trinajstić information content (AvgIpc) is 1.99. The fourth-order valence-electron chi connectivity index (χ4n) is 1.98. The highest BCUT2D eigenvalue weighted by atomic mass is 16.1. The molecule has 10 heavy (non-hydrogen) atoms. The van der Waals surface area contributed by atoms with E-state index in [4.69, 9.17) is 0 Å². The zero-order chi connectivity index (χ0) is 6.97. The summed E-state index contributed by atoms with van der Waals surface area (Å²) in [6.07, 6.45) is 8.59. The van der Waals surface area contributed by atoms with Gasteiger partial charge in [-0.25, -0.2) is 0 Å². The molecule has 1 saturated carbocycles. The first-order chi connectivity index (χ1) is 4.86. The maximum absolute atomic E-state index is 11.2. The molecule has 54 valence electrons. The highest BCUT2D eigenvalue weighted by Gasteiger charge is 2.28. The molecule has 0 radical (unpaired) electrons. The molecule has 2 bridgehead atoms. The minimum atomic E-state index is 0.299. The van der Waals surface area contributed by atoms with E-state index in [0.717, 1.165) is 25.2 Å². The van der Waals surface area contributed by atoms with Gasteiger partial charge in [0.25, 0.3) is 0 Å². The van der Waals surface area contributed by atoms with Crippen LogP contribution < -0.4 is 0 Å². The van der Waals surface area contributed by atoms with Crippen LogP contribution >= 0.6 is 0 Å². The predicted molar refractivity (Wildman–Crippen MR) is 39.6 cm³/mol.